The molecular weight excluding hydrogens is 753 g/mol. The van der Waals surface area contributed by atoms with E-state index in [2.05, 4.69) is 76.2 Å². The highest BCUT2D eigenvalue weighted by Gasteiger charge is 2.26. The van der Waals surface area contributed by atoms with Gasteiger partial charge in [-0.1, -0.05) is 128 Å². The van der Waals surface area contributed by atoms with Crippen molar-refractivity contribution in [2.45, 2.75) is 130 Å². The molecule has 0 fully saturated rings. The summed E-state index contributed by atoms with van der Waals surface area (Å²) in [5.41, 5.74) is 9.67. The van der Waals surface area contributed by atoms with Crippen LogP contribution < -0.4 is 9.47 Å². The van der Waals surface area contributed by atoms with E-state index in [1.165, 1.54) is 75.3 Å². The molecule has 320 valence electrons. The summed E-state index contributed by atoms with van der Waals surface area (Å²) in [6.07, 6.45) is 23.0. The highest BCUT2D eigenvalue weighted by molar-refractivity contribution is 5.60. The first-order valence-electron chi connectivity index (χ1n) is 23.0. The molecule has 0 bridgehead atoms. The van der Waals surface area contributed by atoms with E-state index in [9.17, 15) is 0 Å². The third-order valence-corrected chi connectivity index (χ3v) is 11.1. The van der Waals surface area contributed by atoms with E-state index in [4.69, 9.17) is 34.1 Å². The number of hydrogen-bond acceptors (Lipinski definition) is 7. The lowest BCUT2D eigenvalue weighted by Crippen LogP contribution is -2.16. The quantitative estimate of drug-likeness (QED) is 0.0504. The van der Waals surface area contributed by atoms with Crippen LogP contribution >= 0.6 is 0 Å². The van der Waals surface area contributed by atoms with Crippen LogP contribution in [0.3, 0.4) is 0 Å². The van der Waals surface area contributed by atoms with Crippen LogP contribution in [0.1, 0.15) is 151 Å². The Hall–Kier alpha value is -5.40. The summed E-state index contributed by atoms with van der Waals surface area (Å²) in [5.74, 6) is 1.70. The molecule has 2 atom stereocenters. The molecule has 6 rings (SSSR count). The average molecular weight is 819 g/mol. The number of nitrogens with zero attached hydrogens (tertiary/aromatic N) is 4. The number of ether oxygens (including phenoxy) is 3. The zero-order valence-electron chi connectivity index (χ0n) is 37.0. The van der Waals surface area contributed by atoms with Crippen LogP contribution in [0.15, 0.2) is 122 Å². The summed E-state index contributed by atoms with van der Waals surface area (Å²) in [7, 11) is 0. The Labute approximate surface area is 365 Å². The summed E-state index contributed by atoms with van der Waals surface area (Å²) in [6.45, 7) is 10.1. The number of unbranched alkanes of at least 4 members (excludes halogenated alkanes) is 8. The molecule has 0 saturated heterocycles. The molecule has 6 aromatic rings. The van der Waals surface area contributed by atoms with Crippen molar-refractivity contribution in [2.24, 2.45) is 0 Å². The third kappa shape index (κ3) is 13.8. The second-order valence-corrected chi connectivity index (χ2v) is 16.1. The fourth-order valence-electron chi connectivity index (χ4n) is 7.49. The van der Waals surface area contributed by atoms with Gasteiger partial charge in [0.15, 0.2) is 0 Å². The number of rotatable bonds is 26. The van der Waals surface area contributed by atoms with Gasteiger partial charge in [-0.2, -0.15) is 0 Å². The molecule has 0 radical (unpaired) electrons. The van der Waals surface area contributed by atoms with Crippen molar-refractivity contribution in [1.29, 1.82) is 0 Å². The Morgan fingerprint density at radius 3 is 1.13 bits per heavy atom. The van der Waals surface area contributed by atoms with Gasteiger partial charge in [-0.05, 0) is 109 Å². The zero-order valence-corrected chi connectivity index (χ0v) is 37.0. The predicted octanol–water partition coefficient (Wildman–Crippen LogP) is 14.1. The average Bonchev–Trinajstić information content (AvgIpc) is 3.31. The highest BCUT2D eigenvalue weighted by atomic mass is 16.5. The number of aryl methyl sites for hydroxylation is 2. The first-order chi connectivity index (χ1) is 30.1. The summed E-state index contributed by atoms with van der Waals surface area (Å²) in [4.78, 5) is 19.9. The molecule has 7 heteroatoms. The number of hydrogen-bond donors (Lipinski definition) is 0. The molecule has 0 spiro atoms. The molecule has 7 nitrogen and oxygen atoms in total. The molecule has 0 aliphatic heterocycles. The van der Waals surface area contributed by atoms with Gasteiger partial charge in [0.05, 0.1) is 60.8 Å². The first-order valence-corrected chi connectivity index (χ1v) is 23.0. The van der Waals surface area contributed by atoms with Gasteiger partial charge in [0.25, 0.3) is 0 Å². The van der Waals surface area contributed by atoms with Crippen molar-refractivity contribution in [2.75, 3.05) is 13.2 Å². The maximum Gasteiger partial charge on any atom is 0.127 e. The van der Waals surface area contributed by atoms with Crippen LogP contribution in [0.25, 0.3) is 22.5 Å². The fraction of sp³-hybridized carbons (Fsp3) is 0.407. The molecule has 4 aromatic carbocycles. The SMILES string of the molecule is CCCCCCCc1ccc(C(OC(c2ccc(CCCCCCC)cc2)c2cnc(-c3ccc(OCCC)cc3)cn2)c2cnc(-c3ccc(OCCC)cc3)cn2)cc1. The van der Waals surface area contributed by atoms with E-state index in [-0.39, 0.29) is 0 Å². The molecule has 2 unspecified atom stereocenters. The summed E-state index contributed by atoms with van der Waals surface area (Å²) in [6, 6.07) is 33.8. The monoisotopic (exact) mass is 819 g/mol. The van der Waals surface area contributed by atoms with Crippen molar-refractivity contribution in [3.05, 3.63) is 155 Å². The van der Waals surface area contributed by atoms with Gasteiger partial charge in [0.2, 0.25) is 0 Å². The van der Waals surface area contributed by atoms with E-state index >= 15 is 0 Å². The smallest absolute Gasteiger partial charge is 0.127 e. The predicted molar refractivity (Wildman–Crippen MR) is 249 cm³/mol. The van der Waals surface area contributed by atoms with Crippen molar-refractivity contribution in [3.63, 3.8) is 0 Å². The van der Waals surface area contributed by atoms with Gasteiger partial charge in [-0.3, -0.25) is 19.9 Å². The lowest BCUT2D eigenvalue weighted by Gasteiger charge is -2.25. The molecule has 0 aliphatic rings. The summed E-state index contributed by atoms with van der Waals surface area (Å²) < 4.78 is 18.9. The summed E-state index contributed by atoms with van der Waals surface area (Å²) >= 11 is 0. The van der Waals surface area contributed by atoms with E-state index in [0.29, 0.717) is 13.2 Å². The first kappa shape index (κ1) is 45.1. The second-order valence-electron chi connectivity index (χ2n) is 16.1. The Kier molecular flexibility index (Phi) is 18.3. The minimum absolute atomic E-state index is 0.523. The highest BCUT2D eigenvalue weighted by Crippen LogP contribution is 2.36. The van der Waals surface area contributed by atoms with Crippen molar-refractivity contribution in [3.8, 4) is 34.0 Å². The molecule has 0 aliphatic carbocycles. The number of aromatic nitrogens is 4. The van der Waals surface area contributed by atoms with Gasteiger partial charge in [0.1, 0.15) is 23.7 Å². The maximum atomic E-state index is 7.29. The third-order valence-electron chi connectivity index (χ3n) is 11.1. The van der Waals surface area contributed by atoms with E-state index in [1.54, 1.807) is 0 Å². The Bertz CT molecular complexity index is 1950. The molecular formula is C54H66N4O3. The van der Waals surface area contributed by atoms with Crippen molar-refractivity contribution < 1.29 is 14.2 Å². The Balaban J connectivity index is 1.31. The largest absolute Gasteiger partial charge is 0.494 e. The van der Waals surface area contributed by atoms with Gasteiger partial charge >= 0.3 is 0 Å². The normalized spacial score (nSPS) is 12.3. The lowest BCUT2D eigenvalue weighted by atomic mass is 9.99. The molecule has 0 amide bonds. The molecule has 2 heterocycles. The zero-order chi connectivity index (χ0) is 42.5. The molecule has 0 N–H and O–H groups in total. The molecule has 2 aromatic heterocycles. The minimum atomic E-state index is -0.523. The standard InChI is InChI=1S/C54H66N4O3/c1-5-9-11-13-15-17-41-19-23-45(24-20-41)53(51-39-55-49(37-57-51)43-27-31-47(32-28-43)59-35-7-3)61-54(46-25-21-42(22-26-46)18-16-14-12-10-6-2)52-40-56-50(38-58-52)44-29-33-48(34-30-44)60-36-8-4/h19-34,37-40,53-54H,5-18,35-36H2,1-4H3. The Morgan fingerprint density at radius 1 is 0.393 bits per heavy atom. The van der Waals surface area contributed by atoms with Gasteiger partial charge in [0, 0.05) is 11.1 Å². The summed E-state index contributed by atoms with van der Waals surface area (Å²) in [5, 5.41) is 0. The Morgan fingerprint density at radius 2 is 0.787 bits per heavy atom. The van der Waals surface area contributed by atoms with Crippen LogP contribution in [0.4, 0.5) is 0 Å². The van der Waals surface area contributed by atoms with Crippen molar-refractivity contribution in [1.82, 2.24) is 19.9 Å². The van der Waals surface area contributed by atoms with Crippen LogP contribution in [-0.4, -0.2) is 33.1 Å². The van der Waals surface area contributed by atoms with Crippen LogP contribution in [0.5, 0.6) is 11.5 Å². The maximum absolute atomic E-state index is 7.29. The number of benzene rings is 4. The molecule has 0 saturated carbocycles. The van der Waals surface area contributed by atoms with E-state index in [1.807, 2.05) is 73.3 Å². The van der Waals surface area contributed by atoms with Gasteiger partial charge in [-0.15, -0.1) is 0 Å². The van der Waals surface area contributed by atoms with Gasteiger partial charge < -0.3 is 14.2 Å². The minimum Gasteiger partial charge on any atom is -0.494 e. The van der Waals surface area contributed by atoms with Crippen LogP contribution in [-0.2, 0) is 17.6 Å². The van der Waals surface area contributed by atoms with Crippen molar-refractivity contribution >= 4 is 0 Å². The van der Waals surface area contributed by atoms with E-state index in [0.717, 1.165) is 82.2 Å². The molecule has 61 heavy (non-hydrogen) atoms. The lowest BCUT2D eigenvalue weighted by molar-refractivity contribution is 0.0258. The van der Waals surface area contributed by atoms with Crippen LogP contribution in [0.2, 0.25) is 0 Å². The van der Waals surface area contributed by atoms with Gasteiger partial charge in [-0.25, -0.2) is 0 Å². The second kappa shape index (κ2) is 24.8. The van der Waals surface area contributed by atoms with E-state index < -0.39 is 12.2 Å². The van der Waals surface area contributed by atoms with Crippen LogP contribution in [0, 0.1) is 0 Å². The fourth-order valence-corrected chi connectivity index (χ4v) is 7.49. The topological polar surface area (TPSA) is 79.2 Å².